The van der Waals surface area contributed by atoms with Crippen molar-refractivity contribution in [2.45, 2.75) is 26.7 Å². The molecule has 4 nitrogen and oxygen atoms in total. The summed E-state index contributed by atoms with van der Waals surface area (Å²) in [4.78, 5) is 14.2. The van der Waals surface area contributed by atoms with Crippen molar-refractivity contribution in [2.24, 2.45) is 11.1 Å². The van der Waals surface area contributed by atoms with E-state index in [0.29, 0.717) is 13.1 Å². The molecule has 0 aliphatic carbocycles. The van der Waals surface area contributed by atoms with Crippen molar-refractivity contribution in [2.75, 3.05) is 31.6 Å². The molecule has 0 aliphatic heterocycles. The minimum Gasteiger partial charge on any atom is -0.375 e. The second-order valence-corrected chi connectivity index (χ2v) is 5.48. The van der Waals surface area contributed by atoms with Gasteiger partial charge < -0.3 is 16.0 Å². The maximum Gasteiger partial charge on any atom is 0.227 e. The minimum absolute atomic E-state index is 0.0601. The summed E-state index contributed by atoms with van der Waals surface area (Å²) in [6, 6.07) is 10.2. The summed E-state index contributed by atoms with van der Waals surface area (Å²) in [5.41, 5.74) is 6.43. The lowest BCUT2D eigenvalue weighted by atomic mass is 9.87. The predicted octanol–water partition coefficient (Wildman–Crippen LogP) is 2.00. The van der Waals surface area contributed by atoms with Gasteiger partial charge >= 0.3 is 0 Å². The summed E-state index contributed by atoms with van der Waals surface area (Å²) in [7, 11) is 2.06. The monoisotopic (exact) mass is 277 g/mol. The van der Waals surface area contributed by atoms with E-state index in [0.717, 1.165) is 19.4 Å². The molecule has 20 heavy (non-hydrogen) atoms. The molecule has 0 saturated carbocycles. The minimum atomic E-state index is -0.439. The lowest BCUT2D eigenvalue weighted by Gasteiger charge is -2.25. The lowest BCUT2D eigenvalue weighted by Crippen LogP contribution is -2.44. The van der Waals surface area contributed by atoms with Gasteiger partial charge in [0.15, 0.2) is 0 Å². The van der Waals surface area contributed by atoms with Crippen LogP contribution in [0.1, 0.15) is 26.7 Å². The highest BCUT2D eigenvalue weighted by molar-refractivity contribution is 5.82. The van der Waals surface area contributed by atoms with E-state index < -0.39 is 5.41 Å². The number of rotatable bonds is 8. The Labute approximate surface area is 122 Å². The topological polar surface area (TPSA) is 58.4 Å². The molecule has 3 N–H and O–H groups in total. The lowest BCUT2D eigenvalue weighted by molar-refractivity contribution is -0.129. The van der Waals surface area contributed by atoms with Crippen LogP contribution in [-0.2, 0) is 4.79 Å². The third kappa shape index (κ3) is 4.53. The maximum absolute atomic E-state index is 12.0. The van der Waals surface area contributed by atoms with E-state index in [1.165, 1.54) is 5.69 Å². The summed E-state index contributed by atoms with van der Waals surface area (Å²) >= 11 is 0. The fourth-order valence-electron chi connectivity index (χ4n) is 1.94. The number of benzene rings is 1. The second kappa shape index (κ2) is 7.90. The third-order valence-electron chi connectivity index (χ3n) is 3.93. The second-order valence-electron chi connectivity index (χ2n) is 5.48. The number of carbonyl (C=O) groups is 1. The van der Waals surface area contributed by atoms with E-state index in [9.17, 15) is 4.79 Å². The Bertz CT molecular complexity index is 401. The predicted molar refractivity (Wildman–Crippen MR) is 84.8 cm³/mol. The quantitative estimate of drug-likeness (QED) is 0.715. The average Bonchev–Trinajstić information content (AvgIpc) is 2.51. The molecule has 0 heterocycles. The molecule has 112 valence electrons. The first-order valence-electron chi connectivity index (χ1n) is 7.28. The molecule has 0 aliphatic rings. The van der Waals surface area contributed by atoms with Gasteiger partial charge in [-0.1, -0.05) is 25.1 Å². The SMILES string of the molecule is CCC(C)(CN)C(=O)NCCCN(C)c1ccccc1. The van der Waals surface area contributed by atoms with Gasteiger partial charge in [-0.15, -0.1) is 0 Å². The fourth-order valence-corrected chi connectivity index (χ4v) is 1.94. The molecule has 0 fully saturated rings. The van der Waals surface area contributed by atoms with Gasteiger partial charge in [0.05, 0.1) is 5.41 Å². The molecule has 1 aromatic rings. The van der Waals surface area contributed by atoms with E-state index in [4.69, 9.17) is 5.73 Å². The van der Waals surface area contributed by atoms with Gasteiger partial charge in [-0.05, 0) is 31.9 Å². The van der Waals surface area contributed by atoms with E-state index in [-0.39, 0.29) is 5.91 Å². The molecule has 1 aromatic carbocycles. The van der Waals surface area contributed by atoms with Crippen molar-refractivity contribution < 1.29 is 4.79 Å². The Hall–Kier alpha value is -1.55. The molecule has 1 rings (SSSR count). The third-order valence-corrected chi connectivity index (χ3v) is 3.93. The summed E-state index contributed by atoms with van der Waals surface area (Å²) in [5, 5.41) is 2.99. The molecule has 1 atom stereocenters. The van der Waals surface area contributed by atoms with Gasteiger partial charge in [-0.3, -0.25) is 4.79 Å². The van der Waals surface area contributed by atoms with Crippen molar-refractivity contribution in [3.63, 3.8) is 0 Å². The highest BCUT2D eigenvalue weighted by atomic mass is 16.2. The number of hydrogen-bond acceptors (Lipinski definition) is 3. The van der Waals surface area contributed by atoms with Crippen LogP contribution in [0, 0.1) is 5.41 Å². The van der Waals surface area contributed by atoms with Gasteiger partial charge in [0.1, 0.15) is 0 Å². The Morgan fingerprint density at radius 3 is 2.55 bits per heavy atom. The van der Waals surface area contributed by atoms with E-state index in [1.54, 1.807) is 0 Å². The number of para-hydroxylation sites is 1. The molecular formula is C16H27N3O. The summed E-state index contributed by atoms with van der Waals surface area (Å²) < 4.78 is 0. The van der Waals surface area contributed by atoms with Crippen molar-refractivity contribution in [3.8, 4) is 0 Å². The molecule has 4 heteroatoms. The van der Waals surface area contributed by atoms with E-state index in [2.05, 4.69) is 29.4 Å². The fraction of sp³-hybridized carbons (Fsp3) is 0.562. The van der Waals surface area contributed by atoms with Gasteiger partial charge in [0.25, 0.3) is 0 Å². The summed E-state index contributed by atoms with van der Waals surface area (Å²) in [5.74, 6) is 0.0601. The standard InChI is InChI=1S/C16H27N3O/c1-4-16(2,13-17)15(20)18-11-8-12-19(3)14-9-6-5-7-10-14/h5-7,9-10H,4,8,11-13,17H2,1-3H3,(H,18,20). The van der Waals surface area contributed by atoms with Crippen LogP contribution in [0.15, 0.2) is 30.3 Å². The zero-order valence-electron chi connectivity index (χ0n) is 12.9. The normalized spacial score (nSPS) is 13.6. The number of nitrogens with zero attached hydrogens (tertiary/aromatic N) is 1. The van der Waals surface area contributed by atoms with Gasteiger partial charge in [0.2, 0.25) is 5.91 Å². The van der Waals surface area contributed by atoms with Gasteiger partial charge in [0, 0.05) is 32.4 Å². The number of nitrogens with two attached hydrogens (primary N) is 1. The molecular weight excluding hydrogens is 250 g/mol. The van der Waals surface area contributed by atoms with Gasteiger partial charge in [-0.2, -0.15) is 0 Å². The maximum atomic E-state index is 12.0. The first kappa shape index (κ1) is 16.5. The van der Waals surface area contributed by atoms with Crippen molar-refractivity contribution in [3.05, 3.63) is 30.3 Å². The highest BCUT2D eigenvalue weighted by Crippen LogP contribution is 2.19. The highest BCUT2D eigenvalue weighted by Gasteiger charge is 2.28. The van der Waals surface area contributed by atoms with Crippen LogP contribution in [0.5, 0.6) is 0 Å². The van der Waals surface area contributed by atoms with Crippen molar-refractivity contribution in [1.29, 1.82) is 0 Å². The number of hydrogen-bond donors (Lipinski definition) is 2. The van der Waals surface area contributed by atoms with Crippen molar-refractivity contribution in [1.82, 2.24) is 5.32 Å². The molecule has 0 saturated heterocycles. The number of anilines is 1. The van der Waals surface area contributed by atoms with Crippen LogP contribution in [0.3, 0.4) is 0 Å². The van der Waals surface area contributed by atoms with E-state index >= 15 is 0 Å². The first-order chi connectivity index (χ1) is 9.53. The molecule has 0 radical (unpaired) electrons. The molecule has 1 unspecified atom stereocenters. The largest absolute Gasteiger partial charge is 0.375 e. The Kier molecular flexibility index (Phi) is 6.52. The smallest absolute Gasteiger partial charge is 0.227 e. The van der Waals surface area contributed by atoms with Crippen molar-refractivity contribution >= 4 is 11.6 Å². The van der Waals surface area contributed by atoms with Crippen LogP contribution in [-0.4, -0.2) is 32.6 Å². The zero-order chi connectivity index (χ0) is 15.0. The Morgan fingerprint density at radius 1 is 1.35 bits per heavy atom. The molecule has 0 bridgehead atoms. The first-order valence-corrected chi connectivity index (χ1v) is 7.28. The van der Waals surface area contributed by atoms with Crippen LogP contribution in [0.25, 0.3) is 0 Å². The van der Waals surface area contributed by atoms with E-state index in [1.807, 2.05) is 32.0 Å². The van der Waals surface area contributed by atoms with Crippen LogP contribution < -0.4 is 16.0 Å². The summed E-state index contributed by atoms with van der Waals surface area (Å²) in [6.07, 6.45) is 1.68. The van der Waals surface area contributed by atoms with Crippen LogP contribution >= 0.6 is 0 Å². The number of nitrogens with one attached hydrogen (secondary N) is 1. The number of amides is 1. The number of carbonyl (C=O) groups excluding carboxylic acids is 1. The zero-order valence-corrected chi connectivity index (χ0v) is 12.9. The molecule has 1 amide bonds. The van der Waals surface area contributed by atoms with Crippen LogP contribution in [0.4, 0.5) is 5.69 Å². The molecule has 0 spiro atoms. The Morgan fingerprint density at radius 2 is 2.00 bits per heavy atom. The summed E-state index contributed by atoms with van der Waals surface area (Å²) in [6.45, 7) is 5.90. The van der Waals surface area contributed by atoms with Gasteiger partial charge in [-0.25, -0.2) is 0 Å². The Balaban J connectivity index is 2.30. The molecule has 0 aromatic heterocycles. The average molecular weight is 277 g/mol. The van der Waals surface area contributed by atoms with Crippen LogP contribution in [0.2, 0.25) is 0 Å².